The van der Waals surface area contributed by atoms with Crippen LogP contribution in [-0.2, 0) is 27.9 Å². The molecule has 1 fully saturated rings. The summed E-state index contributed by atoms with van der Waals surface area (Å²) in [5.41, 5.74) is 4.16. The van der Waals surface area contributed by atoms with Crippen LogP contribution >= 0.6 is 7.75 Å². The minimum absolute atomic E-state index is 0.212. The molecule has 1 aliphatic rings. The van der Waals surface area contributed by atoms with Crippen LogP contribution in [0, 0.1) is 10.1 Å². The summed E-state index contributed by atoms with van der Waals surface area (Å²) in [4.78, 5) is 40.9. The van der Waals surface area contributed by atoms with Crippen LogP contribution < -0.4 is 16.5 Å². The molecule has 0 spiro atoms. The van der Waals surface area contributed by atoms with Gasteiger partial charge in [0, 0.05) is 12.1 Å². The van der Waals surface area contributed by atoms with Gasteiger partial charge >= 0.3 is 25.3 Å². The Morgan fingerprint density at radius 2 is 2.03 bits per heavy atom. The number of anilines is 1. The van der Waals surface area contributed by atoms with Gasteiger partial charge in [0.05, 0.1) is 24.7 Å². The molecule has 0 aliphatic carbocycles. The van der Waals surface area contributed by atoms with Crippen LogP contribution in [0.15, 0.2) is 35.4 Å². The maximum atomic E-state index is 14.8. The number of hydrogen-bond acceptors (Lipinski definition) is 13. The zero-order valence-corrected chi connectivity index (χ0v) is 21.6. The van der Waals surface area contributed by atoms with Crippen LogP contribution in [-0.4, -0.2) is 68.4 Å². The highest BCUT2D eigenvalue weighted by Gasteiger charge is 2.60. The number of nitrogens with one attached hydrogen (secondary N) is 1. The number of nitro groups is 1. The molecule has 2 heterocycles. The van der Waals surface area contributed by atoms with Crippen molar-refractivity contribution in [3.63, 3.8) is 0 Å². The van der Waals surface area contributed by atoms with Crippen LogP contribution in [0.1, 0.15) is 31.7 Å². The second kappa shape index (κ2) is 11.8. The van der Waals surface area contributed by atoms with E-state index >= 15 is 0 Å². The van der Waals surface area contributed by atoms with Crippen molar-refractivity contribution >= 4 is 25.4 Å². The van der Waals surface area contributed by atoms with Crippen LogP contribution in [0.5, 0.6) is 0 Å². The molecule has 4 N–H and O–H groups in total. The third kappa shape index (κ3) is 6.78. The molecule has 19 heteroatoms. The molecule has 0 saturated carbocycles. The highest BCUT2D eigenvalue weighted by Crippen LogP contribution is 2.50. The molecule has 0 radical (unpaired) electrons. The largest absolute Gasteiger partial charge is 0.468 e. The number of esters is 1. The Morgan fingerprint density at radius 1 is 1.38 bits per heavy atom. The number of aliphatic hydroxyl groups excluding tert-OH is 1. The number of hydrogen-bond donors (Lipinski definition) is 3. The van der Waals surface area contributed by atoms with Crippen molar-refractivity contribution in [2.24, 2.45) is 0 Å². The van der Waals surface area contributed by atoms with Gasteiger partial charge < -0.3 is 20.3 Å². The van der Waals surface area contributed by atoms with E-state index in [9.17, 15) is 38.2 Å². The van der Waals surface area contributed by atoms with E-state index in [1.165, 1.54) is 38.1 Å². The summed E-state index contributed by atoms with van der Waals surface area (Å²) in [5, 5.41) is 23.4. The van der Waals surface area contributed by atoms with Gasteiger partial charge in [0.25, 0.3) is 5.69 Å². The van der Waals surface area contributed by atoms with Crippen molar-refractivity contribution in [3.8, 4) is 0 Å². The monoisotopic (exact) mass is 578 g/mol. The lowest BCUT2D eigenvalue weighted by Gasteiger charge is -2.26. The van der Waals surface area contributed by atoms with Gasteiger partial charge in [0.2, 0.25) is 12.2 Å². The zero-order chi connectivity index (χ0) is 29.1. The van der Waals surface area contributed by atoms with Crippen LogP contribution in [0.4, 0.5) is 20.4 Å². The topological polar surface area (TPSA) is 220 Å². The summed E-state index contributed by atoms with van der Waals surface area (Å²) in [6, 6.07) is 3.76. The maximum absolute atomic E-state index is 14.8. The molecule has 3 rings (SSSR count). The second-order valence-corrected chi connectivity index (χ2v) is 10.0. The summed E-state index contributed by atoms with van der Waals surface area (Å²) in [7, 11) is -3.48. The third-order valence-corrected chi connectivity index (χ3v) is 7.35. The fourth-order valence-electron chi connectivity index (χ4n) is 3.49. The normalized spacial score (nSPS) is 23.5. The first-order valence-electron chi connectivity index (χ1n) is 11.1. The number of ether oxygens (including phenoxy) is 2. The molecular weight excluding hydrogens is 553 g/mol. The van der Waals surface area contributed by atoms with Crippen LogP contribution in [0.25, 0.3) is 0 Å². The summed E-state index contributed by atoms with van der Waals surface area (Å²) >= 11 is 0. The molecule has 1 aromatic heterocycles. The van der Waals surface area contributed by atoms with Gasteiger partial charge in [-0.3, -0.25) is 24.0 Å². The van der Waals surface area contributed by atoms with E-state index < -0.39 is 73.4 Å². The van der Waals surface area contributed by atoms with Gasteiger partial charge in [0.15, 0.2) is 6.10 Å². The predicted octanol–water partition coefficient (Wildman–Crippen LogP) is 1.08. The van der Waals surface area contributed by atoms with E-state index in [0.717, 1.165) is 7.11 Å². The van der Waals surface area contributed by atoms with E-state index in [4.69, 9.17) is 19.5 Å². The highest BCUT2D eigenvalue weighted by atomic mass is 31.2. The van der Waals surface area contributed by atoms with E-state index in [-0.39, 0.29) is 5.69 Å². The van der Waals surface area contributed by atoms with E-state index in [1.54, 1.807) is 0 Å². The number of aliphatic hydroxyl groups is 1. The summed E-state index contributed by atoms with van der Waals surface area (Å²) in [5.74, 6) is -5.37. The molecule has 6 atom stereocenters. The number of halogens is 2. The smallest absolute Gasteiger partial charge is 0.406 e. The van der Waals surface area contributed by atoms with Crippen molar-refractivity contribution in [1.29, 1.82) is 0 Å². The Bertz CT molecular complexity index is 1310. The molecule has 16 nitrogen and oxygen atoms in total. The number of benzene rings is 1. The van der Waals surface area contributed by atoms with Gasteiger partial charge in [-0.1, -0.05) is 0 Å². The average Bonchev–Trinajstić information content (AvgIpc) is 3.10. The summed E-state index contributed by atoms with van der Waals surface area (Å²) in [6.07, 6.45) is -7.11. The number of carbonyl (C=O) groups is 1. The molecule has 0 bridgehead atoms. The number of nitrogens with two attached hydrogens (primary N) is 1. The summed E-state index contributed by atoms with van der Waals surface area (Å²) in [6.45, 7) is 1.73. The van der Waals surface area contributed by atoms with Gasteiger partial charge in [-0.05, 0) is 31.5 Å². The van der Waals surface area contributed by atoms with Gasteiger partial charge in [-0.15, -0.1) is 0 Å². The van der Waals surface area contributed by atoms with Gasteiger partial charge in [-0.25, -0.2) is 24.0 Å². The fraction of sp³-hybridized carbons (Fsp3) is 0.500. The second-order valence-electron chi connectivity index (χ2n) is 8.31. The Morgan fingerprint density at radius 3 is 2.59 bits per heavy atom. The van der Waals surface area contributed by atoms with Crippen molar-refractivity contribution in [3.05, 3.63) is 56.8 Å². The van der Waals surface area contributed by atoms with Crippen molar-refractivity contribution in [1.82, 2.24) is 19.6 Å². The number of nitro benzene ring substituents is 1. The van der Waals surface area contributed by atoms with Crippen LogP contribution in [0.3, 0.4) is 0 Å². The highest BCUT2D eigenvalue weighted by molar-refractivity contribution is 7.51. The van der Waals surface area contributed by atoms with Crippen molar-refractivity contribution in [2.45, 2.75) is 50.4 Å². The zero-order valence-electron chi connectivity index (χ0n) is 20.7. The Balaban J connectivity index is 1.81. The number of nitrogen functional groups attached to an aromatic ring is 1. The number of carbonyl (C=O) groups excluding carboxylic acids is 1. The molecule has 4 unspecified atom stereocenters. The molecular formula is C20H25F2N6O10P. The average molecular weight is 578 g/mol. The molecule has 1 aliphatic heterocycles. The van der Waals surface area contributed by atoms with Crippen molar-refractivity contribution in [2.75, 3.05) is 19.5 Å². The van der Waals surface area contributed by atoms with Crippen LogP contribution in [0.2, 0.25) is 0 Å². The first-order chi connectivity index (χ1) is 18.2. The minimum Gasteiger partial charge on any atom is -0.468 e. The SMILES string of the molecule is COC(=O)[C@H](C)NP(=O)(OCC1O[C@@H](n2cnc(N)nc2=O)C(F)(F)C1O)OC(C)c1ccc([N+](=O)[O-])cc1. The summed E-state index contributed by atoms with van der Waals surface area (Å²) < 4.78 is 64.1. The Hall–Kier alpha value is -3.41. The number of aromatic nitrogens is 3. The van der Waals surface area contributed by atoms with E-state index in [0.29, 0.717) is 16.5 Å². The minimum atomic E-state index is -4.55. The lowest BCUT2D eigenvalue weighted by atomic mass is 10.1. The number of methoxy groups -OCH3 is 1. The number of rotatable bonds is 11. The predicted molar refractivity (Wildman–Crippen MR) is 126 cm³/mol. The Kier molecular flexibility index (Phi) is 9.09. The third-order valence-electron chi connectivity index (χ3n) is 5.56. The lowest BCUT2D eigenvalue weighted by Crippen LogP contribution is -2.42. The molecule has 214 valence electrons. The Labute approximate surface area is 218 Å². The lowest BCUT2D eigenvalue weighted by molar-refractivity contribution is -0.384. The number of nitrogens with zero attached hydrogens (tertiary/aromatic N) is 4. The molecule has 1 aromatic carbocycles. The van der Waals surface area contributed by atoms with E-state index in [1.807, 2.05) is 0 Å². The van der Waals surface area contributed by atoms with E-state index in [2.05, 4.69) is 19.8 Å². The quantitative estimate of drug-likeness (QED) is 0.147. The molecule has 0 amide bonds. The van der Waals surface area contributed by atoms with Gasteiger partial charge in [-0.2, -0.15) is 13.8 Å². The molecule has 2 aromatic rings. The number of alkyl halides is 2. The molecule has 1 saturated heterocycles. The standard InChI is InChI=1S/C20H25F2N6O10P/c1-10(16(30)35-3)26-39(34,38-11(2)12-4-6-13(7-5-12)28(32)33)36-8-14-15(29)20(21,22)17(37-14)27-9-24-18(23)25-19(27)31/h4-7,9-11,14-15,17,29H,8H2,1-3H3,(H,26,34)(H2,23,25,31)/t10-,11?,14?,15?,17+,39?/m0/s1. The fourth-order valence-corrected chi connectivity index (χ4v) is 5.15. The van der Waals surface area contributed by atoms with Gasteiger partial charge in [0.1, 0.15) is 18.5 Å². The molecule has 39 heavy (non-hydrogen) atoms. The first kappa shape index (κ1) is 30.1. The number of non-ortho nitro benzene ring substituents is 1. The first-order valence-corrected chi connectivity index (χ1v) is 12.7. The van der Waals surface area contributed by atoms with Crippen molar-refractivity contribution < 1.29 is 46.7 Å². The maximum Gasteiger partial charge on any atom is 0.406 e.